The van der Waals surface area contributed by atoms with E-state index in [0.717, 1.165) is 22.6 Å². The zero-order chi connectivity index (χ0) is 20.0. The zero-order valence-corrected chi connectivity index (χ0v) is 16.5. The number of carbonyl (C=O) groups excluding carboxylic acids is 1. The Kier molecular flexibility index (Phi) is 4.20. The molecule has 1 atom stereocenters. The van der Waals surface area contributed by atoms with Gasteiger partial charge < -0.3 is 15.0 Å². The van der Waals surface area contributed by atoms with E-state index in [1.54, 1.807) is 29.9 Å². The van der Waals surface area contributed by atoms with Gasteiger partial charge >= 0.3 is 0 Å². The molecule has 3 aromatic heterocycles. The number of nitrogens with zero attached hydrogens (tertiary/aromatic N) is 5. The molecule has 0 radical (unpaired) electrons. The van der Waals surface area contributed by atoms with Gasteiger partial charge in [-0.2, -0.15) is 9.78 Å². The molecule has 1 amide bonds. The molecule has 0 bridgehead atoms. The predicted molar refractivity (Wildman–Crippen MR) is 109 cm³/mol. The minimum Gasteiger partial charge on any atom is -0.497 e. The third-order valence-electron chi connectivity index (χ3n) is 4.83. The number of benzene rings is 1. The molecule has 146 valence electrons. The Hall–Kier alpha value is -3.40. The molecule has 4 heterocycles. The van der Waals surface area contributed by atoms with Crippen LogP contribution in [0.1, 0.15) is 22.1 Å². The summed E-state index contributed by atoms with van der Waals surface area (Å²) in [6.45, 7) is 1.94. The topological polar surface area (TPSA) is 111 Å². The first-order valence-corrected chi connectivity index (χ1v) is 10.00. The summed E-state index contributed by atoms with van der Waals surface area (Å²) >= 11 is 1.57. The number of carbonyl (C=O) groups is 1. The van der Waals surface area contributed by atoms with Crippen LogP contribution in [0.3, 0.4) is 0 Å². The van der Waals surface area contributed by atoms with Crippen molar-refractivity contribution in [3.05, 3.63) is 53.7 Å². The number of fused-ring (bicyclic) bond motifs is 2. The second-order valence-electron chi connectivity index (χ2n) is 6.57. The Morgan fingerprint density at radius 2 is 2.03 bits per heavy atom. The Morgan fingerprint density at radius 3 is 2.83 bits per heavy atom. The number of imidazole rings is 1. The summed E-state index contributed by atoms with van der Waals surface area (Å²) in [7, 11) is 1.64. The highest BCUT2D eigenvalue weighted by molar-refractivity contribution is 8.00. The molecule has 0 spiro atoms. The first kappa shape index (κ1) is 17.7. The van der Waals surface area contributed by atoms with Crippen molar-refractivity contribution in [3.63, 3.8) is 0 Å². The van der Waals surface area contributed by atoms with Gasteiger partial charge in [0.2, 0.25) is 5.91 Å². The summed E-state index contributed by atoms with van der Waals surface area (Å²) in [5.41, 5.74) is 4.05. The minimum atomic E-state index is -0.0803. The summed E-state index contributed by atoms with van der Waals surface area (Å²) < 4.78 is 6.93. The quantitative estimate of drug-likeness (QED) is 0.537. The van der Waals surface area contributed by atoms with Gasteiger partial charge in [0, 0.05) is 5.56 Å². The number of anilines is 1. The number of nitrogens with one attached hydrogen (secondary N) is 2. The van der Waals surface area contributed by atoms with Crippen LogP contribution >= 0.6 is 11.8 Å². The minimum absolute atomic E-state index is 0.0531. The molecule has 0 saturated heterocycles. The first-order chi connectivity index (χ1) is 14.2. The van der Waals surface area contributed by atoms with Gasteiger partial charge in [0.25, 0.3) is 0 Å². The molecule has 9 nitrogen and oxygen atoms in total. The lowest BCUT2D eigenvalue weighted by molar-refractivity contribution is -0.113. The van der Waals surface area contributed by atoms with E-state index in [-0.39, 0.29) is 11.2 Å². The number of amides is 1. The van der Waals surface area contributed by atoms with Gasteiger partial charge in [-0.15, -0.1) is 11.8 Å². The Balaban J connectivity index is 1.70. The average molecular weight is 407 g/mol. The van der Waals surface area contributed by atoms with Crippen molar-refractivity contribution in [3.8, 4) is 11.6 Å². The fourth-order valence-electron chi connectivity index (χ4n) is 3.49. The van der Waals surface area contributed by atoms with Crippen LogP contribution < -0.4 is 10.1 Å². The number of thioether (sulfide) groups is 1. The van der Waals surface area contributed by atoms with Gasteiger partial charge in [0.1, 0.15) is 23.4 Å². The number of methoxy groups -OCH3 is 1. The molecular formula is C19H17N7O2S. The molecule has 0 fully saturated rings. The highest BCUT2D eigenvalue weighted by Crippen LogP contribution is 2.44. The van der Waals surface area contributed by atoms with Crippen molar-refractivity contribution in [2.45, 2.75) is 12.2 Å². The van der Waals surface area contributed by atoms with E-state index in [9.17, 15) is 4.79 Å². The zero-order valence-electron chi connectivity index (χ0n) is 15.7. The molecule has 1 aliphatic rings. The van der Waals surface area contributed by atoms with Gasteiger partial charge in [-0.25, -0.2) is 15.0 Å². The SMILES string of the molecule is COc1ccc([C@H]2SCC(=O)Nc3c2c(C)nn3-c2ncnc3nc[nH]c23)cc1. The normalized spacial score (nSPS) is 16.3. The summed E-state index contributed by atoms with van der Waals surface area (Å²) in [6.07, 6.45) is 3.00. The molecule has 1 aromatic carbocycles. The maximum Gasteiger partial charge on any atom is 0.235 e. The van der Waals surface area contributed by atoms with Crippen LogP contribution in [0.4, 0.5) is 5.82 Å². The lowest BCUT2D eigenvalue weighted by Gasteiger charge is -2.15. The van der Waals surface area contributed by atoms with Crippen LogP contribution in [0.15, 0.2) is 36.9 Å². The van der Waals surface area contributed by atoms with Crippen LogP contribution in [0.2, 0.25) is 0 Å². The lowest BCUT2D eigenvalue weighted by Crippen LogP contribution is -2.16. The van der Waals surface area contributed by atoms with Gasteiger partial charge in [0.15, 0.2) is 11.5 Å². The van der Waals surface area contributed by atoms with Crippen LogP contribution in [-0.2, 0) is 4.79 Å². The molecule has 10 heteroatoms. The summed E-state index contributed by atoms with van der Waals surface area (Å²) in [5.74, 6) is 2.21. The molecule has 29 heavy (non-hydrogen) atoms. The predicted octanol–water partition coefficient (Wildman–Crippen LogP) is 2.63. The van der Waals surface area contributed by atoms with Crippen LogP contribution in [-0.4, -0.2) is 48.5 Å². The molecule has 4 aromatic rings. The molecule has 0 saturated carbocycles. The van der Waals surface area contributed by atoms with Gasteiger partial charge in [-0.3, -0.25) is 4.79 Å². The molecule has 5 rings (SSSR count). The van der Waals surface area contributed by atoms with E-state index in [1.807, 2.05) is 31.2 Å². The number of aromatic amines is 1. The van der Waals surface area contributed by atoms with Crippen molar-refractivity contribution < 1.29 is 9.53 Å². The van der Waals surface area contributed by atoms with Gasteiger partial charge in [-0.05, 0) is 24.6 Å². The van der Waals surface area contributed by atoms with Crippen LogP contribution in [0.25, 0.3) is 17.0 Å². The number of hydrogen-bond acceptors (Lipinski definition) is 7. The van der Waals surface area contributed by atoms with Gasteiger partial charge in [0.05, 0.1) is 30.1 Å². The highest BCUT2D eigenvalue weighted by Gasteiger charge is 2.31. The van der Waals surface area contributed by atoms with E-state index in [1.165, 1.54) is 6.33 Å². The van der Waals surface area contributed by atoms with Crippen LogP contribution in [0, 0.1) is 6.92 Å². The monoisotopic (exact) mass is 407 g/mol. The number of aromatic nitrogens is 6. The second-order valence-corrected chi connectivity index (χ2v) is 7.66. The Morgan fingerprint density at radius 1 is 1.21 bits per heavy atom. The molecular weight excluding hydrogens is 390 g/mol. The van der Waals surface area contributed by atoms with Crippen molar-refractivity contribution in [2.75, 3.05) is 18.2 Å². The molecule has 0 aliphatic carbocycles. The number of ether oxygens (including phenoxy) is 1. The third-order valence-corrected chi connectivity index (χ3v) is 6.10. The van der Waals surface area contributed by atoms with Crippen molar-refractivity contribution >= 4 is 34.7 Å². The van der Waals surface area contributed by atoms with E-state index < -0.39 is 0 Å². The Bertz CT molecular complexity index is 1220. The maximum atomic E-state index is 12.5. The maximum absolute atomic E-state index is 12.5. The number of hydrogen-bond donors (Lipinski definition) is 2. The molecule has 2 N–H and O–H groups in total. The van der Waals surface area contributed by atoms with Crippen molar-refractivity contribution in [1.29, 1.82) is 0 Å². The summed E-state index contributed by atoms with van der Waals surface area (Å²) in [6, 6.07) is 7.89. The fraction of sp³-hybridized carbons (Fsp3) is 0.211. The van der Waals surface area contributed by atoms with E-state index in [4.69, 9.17) is 9.84 Å². The molecule has 1 aliphatic heterocycles. The second kappa shape index (κ2) is 6.89. The van der Waals surface area contributed by atoms with Crippen molar-refractivity contribution in [2.24, 2.45) is 0 Å². The van der Waals surface area contributed by atoms with E-state index in [2.05, 4.69) is 25.3 Å². The fourth-order valence-corrected chi connectivity index (χ4v) is 4.68. The van der Waals surface area contributed by atoms with E-state index >= 15 is 0 Å². The van der Waals surface area contributed by atoms with Gasteiger partial charge in [-0.1, -0.05) is 12.1 Å². The average Bonchev–Trinajstić information content (AvgIpc) is 3.29. The smallest absolute Gasteiger partial charge is 0.235 e. The third kappa shape index (κ3) is 2.92. The largest absolute Gasteiger partial charge is 0.497 e. The number of rotatable bonds is 3. The molecule has 0 unspecified atom stereocenters. The van der Waals surface area contributed by atoms with E-state index in [0.29, 0.717) is 28.6 Å². The Labute approximate surface area is 169 Å². The summed E-state index contributed by atoms with van der Waals surface area (Å²) in [4.78, 5) is 28.3. The highest BCUT2D eigenvalue weighted by atomic mass is 32.2. The van der Waals surface area contributed by atoms with Crippen molar-refractivity contribution in [1.82, 2.24) is 29.7 Å². The lowest BCUT2D eigenvalue weighted by atomic mass is 10.0. The number of aryl methyl sites for hydroxylation is 1. The first-order valence-electron chi connectivity index (χ1n) is 8.95. The number of H-pyrrole nitrogens is 1. The summed E-state index contributed by atoms with van der Waals surface area (Å²) in [5, 5.41) is 7.66. The standard InChI is InChI=1S/C19H17N7O2S/c1-10-14-16(11-3-5-12(28-2)6-4-11)29-7-13(27)24-18(14)26(25-10)19-15-17(21-8-20-15)22-9-23-19/h3-6,8-9,16H,7H2,1-2H3,(H,24,27)(H,20,21,22,23)/t16-/m1/s1. The van der Waals surface area contributed by atoms with Crippen LogP contribution in [0.5, 0.6) is 5.75 Å².